The predicted molar refractivity (Wildman–Crippen MR) is 61.5 cm³/mol. The summed E-state index contributed by atoms with van der Waals surface area (Å²) in [5.74, 6) is 0.298. The Labute approximate surface area is 94.5 Å². The second-order valence-corrected chi connectivity index (χ2v) is 3.25. The second kappa shape index (κ2) is 6.09. The van der Waals surface area contributed by atoms with Gasteiger partial charge < -0.3 is 20.5 Å². The van der Waals surface area contributed by atoms with Crippen LogP contribution in [-0.4, -0.2) is 32.8 Å². The van der Waals surface area contributed by atoms with E-state index in [4.69, 9.17) is 15.2 Å². The van der Waals surface area contributed by atoms with Gasteiger partial charge in [0, 0.05) is 7.11 Å². The number of rotatable bonds is 5. The van der Waals surface area contributed by atoms with Crippen molar-refractivity contribution in [3.05, 3.63) is 24.3 Å². The van der Waals surface area contributed by atoms with Crippen molar-refractivity contribution in [3.8, 4) is 5.75 Å². The topological polar surface area (TPSA) is 73.6 Å². The molecule has 1 amide bonds. The van der Waals surface area contributed by atoms with E-state index in [-0.39, 0.29) is 12.5 Å². The molecule has 1 unspecified atom stereocenters. The Morgan fingerprint density at radius 3 is 2.75 bits per heavy atom. The number of nitrogens with two attached hydrogens (primary N) is 1. The summed E-state index contributed by atoms with van der Waals surface area (Å²) in [7, 11) is 3.04. The molecule has 1 rings (SSSR count). The Kier molecular flexibility index (Phi) is 4.75. The molecule has 1 atom stereocenters. The first-order valence-electron chi connectivity index (χ1n) is 4.87. The van der Waals surface area contributed by atoms with Gasteiger partial charge in [0.2, 0.25) is 5.91 Å². The van der Waals surface area contributed by atoms with Crippen LogP contribution in [0.4, 0.5) is 5.69 Å². The van der Waals surface area contributed by atoms with Crippen LogP contribution in [0.3, 0.4) is 0 Å². The number of hydrogen-bond acceptors (Lipinski definition) is 4. The number of hydrogen-bond donors (Lipinski definition) is 2. The predicted octanol–water partition coefficient (Wildman–Crippen LogP) is 0.607. The number of carbonyl (C=O) groups excluding carboxylic acids is 1. The van der Waals surface area contributed by atoms with E-state index >= 15 is 0 Å². The summed E-state index contributed by atoms with van der Waals surface area (Å²) < 4.78 is 9.90. The number of para-hydroxylation sites is 2. The van der Waals surface area contributed by atoms with Crippen molar-refractivity contribution in [3.63, 3.8) is 0 Å². The summed E-state index contributed by atoms with van der Waals surface area (Å²) in [6.07, 6.45) is 0. The van der Waals surface area contributed by atoms with Crippen molar-refractivity contribution in [2.45, 2.75) is 6.04 Å². The van der Waals surface area contributed by atoms with Gasteiger partial charge in [-0.05, 0) is 12.1 Å². The van der Waals surface area contributed by atoms with Gasteiger partial charge in [-0.1, -0.05) is 12.1 Å². The molecule has 0 aliphatic heterocycles. The number of ether oxygens (including phenoxy) is 2. The zero-order valence-corrected chi connectivity index (χ0v) is 9.40. The summed E-state index contributed by atoms with van der Waals surface area (Å²) in [6.45, 7) is 0.182. The highest BCUT2D eigenvalue weighted by molar-refractivity contribution is 5.96. The van der Waals surface area contributed by atoms with Gasteiger partial charge in [0.05, 0.1) is 19.4 Å². The maximum Gasteiger partial charge on any atom is 0.243 e. The van der Waals surface area contributed by atoms with E-state index in [0.29, 0.717) is 11.4 Å². The molecule has 0 fully saturated rings. The molecule has 0 saturated carbocycles. The fraction of sp³-hybridized carbons (Fsp3) is 0.364. The van der Waals surface area contributed by atoms with Crippen LogP contribution in [0.5, 0.6) is 5.75 Å². The van der Waals surface area contributed by atoms with E-state index in [1.165, 1.54) is 7.11 Å². The summed E-state index contributed by atoms with van der Waals surface area (Å²) in [6, 6.07) is 6.45. The van der Waals surface area contributed by atoms with E-state index in [2.05, 4.69) is 5.32 Å². The number of amides is 1. The molecule has 0 aliphatic carbocycles. The molecule has 88 valence electrons. The maximum absolute atomic E-state index is 11.6. The summed E-state index contributed by atoms with van der Waals surface area (Å²) in [4.78, 5) is 11.6. The van der Waals surface area contributed by atoms with Gasteiger partial charge in [0.1, 0.15) is 11.8 Å². The van der Waals surface area contributed by atoms with E-state index < -0.39 is 6.04 Å². The van der Waals surface area contributed by atoms with Gasteiger partial charge >= 0.3 is 0 Å². The lowest BCUT2D eigenvalue weighted by Gasteiger charge is -2.13. The Morgan fingerprint density at radius 1 is 1.44 bits per heavy atom. The summed E-state index contributed by atoms with van der Waals surface area (Å²) >= 11 is 0. The minimum Gasteiger partial charge on any atom is -0.495 e. The molecule has 5 heteroatoms. The van der Waals surface area contributed by atoms with Gasteiger partial charge in [-0.25, -0.2) is 0 Å². The van der Waals surface area contributed by atoms with Crippen LogP contribution in [0.25, 0.3) is 0 Å². The van der Waals surface area contributed by atoms with Crippen molar-refractivity contribution in [1.29, 1.82) is 0 Å². The third kappa shape index (κ3) is 3.22. The Hall–Kier alpha value is -1.59. The molecule has 0 aliphatic rings. The normalized spacial score (nSPS) is 11.9. The van der Waals surface area contributed by atoms with Gasteiger partial charge in [-0.15, -0.1) is 0 Å². The molecule has 0 heterocycles. The highest BCUT2D eigenvalue weighted by atomic mass is 16.5. The molecule has 5 nitrogen and oxygen atoms in total. The van der Waals surface area contributed by atoms with E-state index in [1.54, 1.807) is 25.3 Å². The molecule has 0 spiro atoms. The number of methoxy groups -OCH3 is 2. The van der Waals surface area contributed by atoms with Gasteiger partial charge in [0.25, 0.3) is 0 Å². The van der Waals surface area contributed by atoms with E-state index in [0.717, 1.165) is 0 Å². The molecule has 0 radical (unpaired) electrons. The van der Waals surface area contributed by atoms with E-state index in [9.17, 15) is 4.79 Å². The molecule has 0 bridgehead atoms. The van der Waals surface area contributed by atoms with Crippen LogP contribution in [0.15, 0.2) is 24.3 Å². The van der Waals surface area contributed by atoms with Crippen LogP contribution in [0, 0.1) is 0 Å². The first-order valence-corrected chi connectivity index (χ1v) is 4.87. The van der Waals surface area contributed by atoms with Gasteiger partial charge in [-0.2, -0.15) is 0 Å². The summed E-state index contributed by atoms with van der Waals surface area (Å²) in [5, 5.41) is 2.68. The molecule has 0 aromatic heterocycles. The van der Waals surface area contributed by atoms with Crippen LogP contribution in [0.1, 0.15) is 0 Å². The zero-order valence-electron chi connectivity index (χ0n) is 9.40. The SMILES string of the molecule is COCC(N)C(=O)Nc1ccccc1OC. The summed E-state index contributed by atoms with van der Waals surface area (Å²) in [5.41, 5.74) is 6.19. The number of benzene rings is 1. The molecule has 1 aromatic rings. The minimum absolute atomic E-state index is 0.182. The first kappa shape index (κ1) is 12.5. The van der Waals surface area contributed by atoms with Crippen molar-refractivity contribution in [2.75, 3.05) is 26.1 Å². The third-order valence-corrected chi connectivity index (χ3v) is 2.05. The number of carbonyl (C=O) groups is 1. The molecular formula is C11H16N2O3. The number of nitrogens with one attached hydrogen (secondary N) is 1. The van der Waals surface area contributed by atoms with Gasteiger partial charge in [-0.3, -0.25) is 4.79 Å². The van der Waals surface area contributed by atoms with Crippen LogP contribution < -0.4 is 15.8 Å². The fourth-order valence-electron chi connectivity index (χ4n) is 1.23. The molecule has 3 N–H and O–H groups in total. The maximum atomic E-state index is 11.6. The number of anilines is 1. The lowest BCUT2D eigenvalue weighted by molar-refractivity contribution is -0.118. The van der Waals surface area contributed by atoms with E-state index in [1.807, 2.05) is 6.07 Å². The Balaban J connectivity index is 2.69. The van der Waals surface area contributed by atoms with Crippen LogP contribution in [0.2, 0.25) is 0 Å². The molecule has 16 heavy (non-hydrogen) atoms. The van der Waals surface area contributed by atoms with Crippen molar-refractivity contribution >= 4 is 11.6 Å². The smallest absolute Gasteiger partial charge is 0.243 e. The third-order valence-electron chi connectivity index (χ3n) is 2.05. The monoisotopic (exact) mass is 224 g/mol. The molecule has 0 saturated heterocycles. The average molecular weight is 224 g/mol. The lowest BCUT2D eigenvalue weighted by Crippen LogP contribution is -2.39. The molecule has 1 aromatic carbocycles. The largest absolute Gasteiger partial charge is 0.495 e. The first-order chi connectivity index (χ1) is 7.69. The zero-order chi connectivity index (χ0) is 12.0. The highest BCUT2D eigenvalue weighted by Crippen LogP contribution is 2.22. The quantitative estimate of drug-likeness (QED) is 0.768. The fourth-order valence-corrected chi connectivity index (χ4v) is 1.23. The van der Waals surface area contributed by atoms with Crippen molar-refractivity contribution in [2.24, 2.45) is 5.73 Å². The minimum atomic E-state index is -0.685. The second-order valence-electron chi connectivity index (χ2n) is 3.25. The standard InChI is InChI=1S/C11H16N2O3/c1-15-7-8(12)11(14)13-9-5-3-4-6-10(9)16-2/h3-6,8H,7,12H2,1-2H3,(H,13,14). The Morgan fingerprint density at radius 2 is 2.12 bits per heavy atom. The van der Waals surface area contributed by atoms with Gasteiger partial charge in [0.15, 0.2) is 0 Å². The average Bonchev–Trinajstić information content (AvgIpc) is 2.30. The molecular weight excluding hydrogens is 208 g/mol. The van der Waals surface area contributed by atoms with Crippen LogP contribution >= 0.6 is 0 Å². The van der Waals surface area contributed by atoms with Crippen molar-refractivity contribution < 1.29 is 14.3 Å². The van der Waals surface area contributed by atoms with Crippen molar-refractivity contribution in [1.82, 2.24) is 0 Å². The Bertz CT molecular complexity index is 355. The van der Waals surface area contributed by atoms with Crippen LogP contribution in [-0.2, 0) is 9.53 Å². The lowest BCUT2D eigenvalue weighted by atomic mass is 10.2. The highest BCUT2D eigenvalue weighted by Gasteiger charge is 2.14.